The first-order valence-corrected chi connectivity index (χ1v) is 5.67. The van der Waals surface area contributed by atoms with E-state index in [1.807, 2.05) is 0 Å². The van der Waals surface area contributed by atoms with Crippen molar-refractivity contribution in [3.63, 3.8) is 0 Å². The number of hydrogen-bond acceptors (Lipinski definition) is 4. The Hall–Kier alpha value is -2.63. The average molecular weight is 279 g/mol. The van der Waals surface area contributed by atoms with Crippen LogP contribution < -0.4 is 5.73 Å². The number of phenols is 1. The molecule has 2 aromatic rings. The van der Waals surface area contributed by atoms with Crippen molar-refractivity contribution in [1.82, 2.24) is 0 Å². The highest BCUT2D eigenvalue weighted by molar-refractivity contribution is 5.90. The van der Waals surface area contributed by atoms with Crippen LogP contribution in [-0.4, -0.2) is 11.1 Å². The fourth-order valence-corrected chi connectivity index (χ4v) is 1.54. The predicted molar refractivity (Wildman–Crippen MR) is 68.0 cm³/mol. The van der Waals surface area contributed by atoms with E-state index in [0.29, 0.717) is 11.6 Å². The third-order valence-electron chi connectivity index (χ3n) is 2.61. The van der Waals surface area contributed by atoms with Crippen LogP contribution in [0.5, 0.6) is 5.75 Å². The summed E-state index contributed by atoms with van der Waals surface area (Å²) in [5.41, 5.74) is 5.13. The molecule has 0 atom stereocenters. The van der Waals surface area contributed by atoms with Gasteiger partial charge in [-0.1, -0.05) is 12.1 Å². The maximum atomic E-state index is 13.4. The van der Waals surface area contributed by atoms with Crippen molar-refractivity contribution in [3.8, 4) is 5.75 Å². The first-order chi connectivity index (χ1) is 9.47. The molecule has 0 saturated carbocycles. The van der Waals surface area contributed by atoms with Crippen LogP contribution in [0.15, 0.2) is 36.4 Å². The summed E-state index contributed by atoms with van der Waals surface area (Å²) in [6.45, 7) is -0.101. The first kappa shape index (κ1) is 13.8. The molecule has 0 aliphatic heterocycles. The molecule has 6 heteroatoms. The third kappa shape index (κ3) is 3.03. The number of phenolic OH excluding ortho intramolecular Hbond substituents is 1. The van der Waals surface area contributed by atoms with Crippen LogP contribution >= 0.6 is 0 Å². The molecule has 4 nitrogen and oxygen atoms in total. The van der Waals surface area contributed by atoms with Gasteiger partial charge < -0.3 is 15.6 Å². The number of carbonyl (C=O) groups excluding carboxylic acids is 1. The number of carbonyl (C=O) groups is 1. The zero-order valence-electron chi connectivity index (χ0n) is 10.3. The van der Waals surface area contributed by atoms with E-state index in [9.17, 15) is 13.6 Å². The molecule has 0 aromatic heterocycles. The van der Waals surface area contributed by atoms with E-state index in [0.717, 1.165) is 6.07 Å². The molecule has 0 fully saturated rings. The lowest BCUT2D eigenvalue weighted by molar-refractivity contribution is 0.0467. The first-order valence-electron chi connectivity index (χ1n) is 5.67. The number of aromatic hydroxyl groups is 1. The Balaban J connectivity index is 2.09. The van der Waals surface area contributed by atoms with Crippen LogP contribution in [0.1, 0.15) is 15.9 Å². The Morgan fingerprint density at radius 1 is 1.15 bits per heavy atom. The minimum atomic E-state index is -1.03. The zero-order valence-corrected chi connectivity index (χ0v) is 10.3. The fraction of sp³-hybridized carbons (Fsp3) is 0.0714. The van der Waals surface area contributed by atoms with Gasteiger partial charge in [0.25, 0.3) is 0 Å². The summed E-state index contributed by atoms with van der Waals surface area (Å²) in [7, 11) is 0. The molecule has 0 aliphatic carbocycles. The summed E-state index contributed by atoms with van der Waals surface area (Å²) < 4.78 is 31.3. The molecule has 0 aliphatic rings. The zero-order chi connectivity index (χ0) is 14.7. The van der Waals surface area contributed by atoms with Crippen molar-refractivity contribution in [2.45, 2.75) is 6.61 Å². The van der Waals surface area contributed by atoms with Gasteiger partial charge in [-0.3, -0.25) is 0 Å². The molecule has 0 heterocycles. The minimum absolute atomic E-state index is 0.0810. The number of hydrogen-bond donors (Lipinski definition) is 2. The van der Waals surface area contributed by atoms with Gasteiger partial charge in [-0.2, -0.15) is 0 Å². The van der Waals surface area contributed by atoms with Gasteiger partial charge in [-0.15, -0.1) is 0 Å². The number of halogens is 2. The van der Waals surface area contributed by atoms with E-state index >= 15 is 0 Å². The smallest absolute Gasteiger partial charge is 0.341 e. The van der Waals surface area contributed by atoms with E-state index in [-0.39, 0.29) is 18.0 Å². The second kappa shape index (κ2) is 5.56. The van der Waals surface area contributed by atoms with Crippen molar-refractivity contribution >= 4 is 11.7 Å². The van der Waals surface area contributed by atoms with Crippen LogP contribution in [0, 0.1) is 11.6 Å². The molecule has 0 bridgehead atoms. The molecule has 2 aromatic carbocycles. The molecule has 3 N–H and O–H groups in total. The van der Waals surface area contributed by atoms with Crippen LogP contribution in [0.25, 0.3) is 0 Å². The highest BCUT2D eigenvalue weighted by Crippen LogP contribution is 2.18. The van der Waals surface area contributed by atoms with E-state index < -0.39 is 23.2 Å². The second-order valence-electron chi connectivity index (χ2n) is 4.10. The maximum absolute atomic E-state index is 13.4. The number of rotatable bonds is 3. The van der Waals surface area contributed by atoms with Gasteiger partial charge in [0.1, 0.15) is 24.0 Å². The van der Waals surface area contributed by atoms with Gasteiger partial charge in [0.05, 0.1) is 11.3 Å². The molecule has 0 saturated heterocycles. The molecule has 20 heavy (non-hydrogen) atoms. The van der Waals surface area contributed by atoms with Crippen LogP contribution in [-0.2, 0) is 11.3 Å². The SMILES string of the molecule is Nc1cc(C(=O)OCc2ccc(O)cc2)c(F)cc1F. The Bertz CT molecular complexity index is 642. The average Bonchev–Trinajstić information content (AvgIpc) is 2.42. The highest BCUT2D eigenvalue weighted by Gasteiger charge is 2.16. The number of benzene rings is 2. The summed E-state index contributed by atoms with van der Waals surface area (Å²) in [5.74, 6) is -2.83. The van der Waals surface area contributed by atoms with Crippen LogP contribution in [0.2, 0.25) is 0 Å². The Morgan fingerprint density at radius 2 is 1.80 bits per heavy atom. The summed E-state index contributed by atoms with van der Waals surface area (Å²) in [5, 5.41) is 9.10. The normalized spacial score (nSPS) is 10.3. The van der Waals surface area contributed by atoms with Gasteiger partial charge in [0.15, 0.2) is 0 Å². The number of anilines is 1. The summed E-state index contributed by atoms with van der Waals surface area (Å²) in [6, 6.07) is 7.39. The lowest BCUT2D eigenvalue weighted by atomic mass is 10.2. The molecule has 104 valence electrons. The number of nitrogens with two attached hydrogens (primary N) is 1. The maximum Gasteiger partial charge on any atom is 0.341 e. The lowest BCUT2D eigenvalue weighted by Gasteiger charge is -2.07. The minimum Gasteiger partial charge on any atom is -0.508 e. The lowest BCUT2D eigenvalue weighted by Crippen LogP contribution is -2.09. The number of esters is 1. The van der Waals surface area contributed by atoms with Gasteiger partial charge in [0, 0.05) is 6.07 Å². The monoisotopic (exact) mass is 279 g/mol. The van der Waals surface area contributed by atoms with Gasteiger partial charge in [0.2, 0.25) is 0 Å². The quantitative estimate of drug-likeness (QED) is 0.669. The number of nitrogen functional groups attached to an aromatic ring is 1. The topological polar surface area (TPSA) is 72.6 Å². The predicted octanol–water partition coefficient (Wildman–Crippen LogP) is 2.61. The largest absolute Gasteiger partial charge is 0.508 e. The molecule has 0 unspecified atom stereocenters. The van der Waals surface area contributed by atoms with Gasteiger partial charge in [-0.05, 0) is 23.8 Å². The van der Waals surface area contributed by atoms with Gasteiger partial charge in [-0.25, -0.2) is 13.6 Å². The van der Waals surface area contributed by atoms with Crippen molar-refractivity contribution in [3.05, 3.63) is 59.2 Å². The standard InChI is InChI=1S/C14H11F2NO3/c15-11-6-12(16)13(17)5-10(11)14(19)20-7-8-1-3-9(18)4-2-8/h1-6,18H,7,17H2. The fourth-order valence-electron chi connectivity index (χ4n) is 1.54. The molecule has 0 spiro atoms. The summed E-state index contributed by atoms with van der Waals surface area (Å²) >= 11 is 0. The van der Waals surface area contributed by atoms with E-state index in [1.54, 1.807) is 12.1 Å². The van der Waals surface area contributed by atoms with E-state index in [4.69, 9.17) is 15.6 Å². The molecular weight excluding hydrogens is 268 g/mol. The van der Waals surface area contributed by atoms with Crippen molar-refractivity contribution in [2.24, 2.45) is 0 Å². The summed E-state index contributed by atoms with van der Waals surface area (Å²) in [6.07, 6.45) is 0. The van der Waals surface area contributed by atoms with Gasteiger partial charge >= 0.3 is 5.97 Å². The molecular formula is C14H11F2NO3. The Labute approximate surface area is 113 Å². The van der Waals surface area contributed by atoms with Crippen LogP contribution in [0.3, 0.4) is 0 Å². The molecule has 0 radical (unpaired) electrons. The third-order valence-corrected chi connectivity index (χ3v) is 2.61. The van der Waals surface area contributed by atoms with E-state index in [2.05, 4.69) is 0 Å². The summed E-state index contributed by atoms with van der Waals surface area (Å²) in [4.78, 5) is 11.7. The van der Waals surface area contributed by atoms with E-state index in [1.165, 1.54) is 12.1 Å². The molecule has 2 rings (SSSR count). The second-order valence-corrected chi connectivity index (χ2v) is 4.10. The Morgan fingerprint density at radius 3 is 2.45 bits per heavy atom. The molecule has 0 amide bonds. The highest BCUT2D eigenvalue weighted by atomic mass is 19.1. The van der Waals surface area contributed by atoms with Crippen LogP contribution in [0.4, 0.5) is 14.5 Å². The van der Waals surface area contributed by atoms with Crippen molar-refractivity contribution < 1.29 is 23.4 Å². The Kier molecular flexibility index (Phi) is 3.84. The van der Waals surface area contributed by atoms with Crippen molar-refractivity contribution in [1.29, 1.82) is 0 Å². The van der Waals surface area contributed by atoms with Crippen molar-refractivity contribution in [2.75, 3.05) is 5.73 Å². The number of ether oxygens (including phenoxy) is 1.